The summed E-state index contributed by atoms with van der Waals surface area (Å²) < 4.78 is 0. The summed E-state index contributed by atoms with van der Waals surface area (Å²) >= 11 is 0. The molecule has 0 aromatic heterocycles. The Morgan fingerprint density at radius 3 is 2.79 bits per heavy atom. The summed E-state index contributed by atoms with van der Waals surface area (Å²) in [4.78, 5) is 14.0. The molecule has 14 heavy (non-hydrogen) atoms. The van der Waals surface area contributed by atoms with Crippen LogP contribution in [0.5, 0.6) is 5.75 Å². The number of hydrogen-bond acceptors (Lipinski definition) is 3. The van der Waals surface area contributed by atoms with Gasteiger partial charge in [0.15, 0.2) is 0 Å². The van der Waals surface area contributed by atoms with E-state index in [0.717, 1.165) is 24.0 Å². The molecule has 0 aliphatic heterocycles. The number of nitrogens with zero attached hydrogens (tertiary/aromatic N) is 1. The van der Waals surface area contributed by atoms with Crippen molar-refractivity contribution in [3.05, 3.63) is 29.3 Å². The maximum absolute atomic E-state index is 10.3. The second-order valence-electron chi connectivity index (χ2n) is 3.76. The third-order valence-electron chi connectivity index (χ3n) is 2.64. The number of aliphatic imine (C=N–C) groups is 1. The largest absolute Gasteiger partial charge is 0.508 e. The van der Waals surface area contributed by atoms with Crippen molar-refractivity contribution in [1.29, 1.82) is 0 Å². The van der Waals surface area contributed by atoms with Gasteiger partial charge in [0.2, 0.25) is 6.08 Å². The minimum Gasteiger partial charge on any atom is -0.508 e. The number of rotatable bonds is 2. The van der Waals surface area contributed by atoms with E-state index in [9.17, 15) is 9.90 Å². The third-order valence-corrected chi connectivity index (χ3v) is 2.64. The van der Waals surface area contributed by atoms with Crippen LogP contribution in [0.25, 0.3) is 0 Å². The molecule has 0 atom stereocenters. The average Bonchev–Trinajstić information content (AvgIpc) is 2.91. The van der Waals surface area contributed by atoms with Gasteiger partial charge in [-0.3, -0.25) is 0 Å². The fourth-order valence-electron chi connectivity index (χ4n) is 1.67. The van der Waals surface area contributed by atoms with E-state index in [1.165, 1.54) is 0 Å². The zero-order valence-corrected chi connectivity index (χ0v) is 7.95. The monoisotopic (exact) mass is 189 g/mol. The van der Waals surface area contributed by atoms with Crippen molar-refractivity contribution in [2.45, 2.75) is 25.3 Å². The van der Waals surface area contributed by atoms with Gasteiger partial charge in [-0.05, 0) is 31.9 Å². The predicted octanol–water partition coefficient (Wildman–Crippen LogP) is 2.03. The molecule has 1 aromatic carbocycles. The summed E-state index contributed by atoms with van der Waals surface area (Å²) in [5.41, 5.74) is 1.34. The van der Waals surface area contributed by atoms with Gasteiger partial charge >= 0.3 is 0 Å². The molecule has 0 radical (unpaired) electrons. The Bertz CT molecular complexity index is 415. The number of phenols is 1. The standard InChI is InChI=1S/C11H11NO2/c1-8-2-3-10(14)9(6-8)11(4-5-11)12-7-13/h2-3,6,14H,4-5H2,1H3. The van der Waals surface area contributed by atoms with Gasteiger partial charge in [-0.25, -0.2) is 4.79 Å². The van der Waals surface area contributed by atoms with Crippen LogP contribution >= 0.6 is 0 Å². The molecule has 3 heteroatoms. The van der Waals surface area contributed by atoms with Gasteiger partial charge in [-0.1, -0.05) is 11.6 Å². The van der Waals surface area contributed by atoms with Crippen LogP contribution in [0.1, 0.15) is 24.0 Å². The van der Waals surface area contributed by atoms with E-state index in [4.69, 9.17) is 0 Å². The van der Waals surface area contributed by atoms with Crippen molar-refractivity contribution in [2.24, 2.45) is 4.99 Å². The minimum absolute atomic E-state index is 0.215. The van der Waals surface area contributed by atoms with E-state index in [-0.39, 0.29) is 5.75 Å². The van der Waals surface area contributed by atoms with Crippen molar-refractivity contribution in [1.82, 2.24) is 0 Å². The first-order chi connectivity index (χ1) is 6.68. The average molecular weight is 189 g/mol. The fourth-order valence-corrected chi connectivity index (χ4v) is 1.67. The lowest BCUT2D eigenvalue weighted by Gasteiger charge is -2.10. The molecule has 72 valence electrons. The molecule has 0 spiro atoms. The number of hydrogen-bond donors (Lipinski definition) is 1. The highest BCUT2D eigenvalue weighted by Crippen LogP contribution is 2.52. The lowest BCUT2D eigenvalue weighted by molar-refractivity contribution is 0.459. The Balaban J connectivity index is 2.50. The first-order valence-corrected chi connectivity index (χ1v) is 4.57. The lowest BCUT2D eigenvalue weighted by Crippen LogP contribution is -2.02. The number of phenolic OH excluding ortho intramolecular Hbond substituents is 1. The summed E-state index contributed by atoms with van der Waals surface area (Å²) in [5.74, 6) is 0.215. The van der Waals surface area contributed by atoms with Crippen molar-refractivity contribution in [2.75, 3.05) is 0 Å². The number of benzene rings is 1. The van der Waals surface area contributed by atoms with Crippen LogP contribution in [-0.4, -0.2) is 11.2 Å². The van der Waals surface area contributed by atoms with Crippen molar-refractivity contribution in [3.8, 4) is 5.75 Å². The molecule has 2 rings (SSSR count). The van der Waals surface area contributed by atoms with Gasteiger partial charge in [0.1, 0.15) is 11.3 Å². The molecule has 0 saturated heterocycles. The molecule has 0 heterocycles. The minimum atomic E-state index is -0.474. The topological polar surface area (TPSA) is 49.7 Å². The number of isocyanates is 1. The second-order valence-corrected chi connectivity index (χ2v) is 3.76. The van der Waals surface area contributed by atoms with Crippen LogP contribution in [0.15, 0.2) is 23.2 Å². The first kappa shape index (κ1) is 8.97. The zero-order valence-electron chi connectivity index (χ0n) is 7.95. The molecule has 0 amide bonds. The van der Waals surface area contributed by atoms with Gasteiger partial charge in [0, 0.05) is 5.56 Å². The van der Waals surface area contributed by atoms with Crippen LogP contribution in [0, 0.1) is 6.92 Å². The molecule has 1 aliphatic carbocycles. The molecule has 0 unspecified atom stereocenters. The molecule has 1 aliphatic rings. The van der Waals surface area contributed by atoms with Crippen LogP contribution in [-0.2, 0) is 10.3 Å². The molecule has 1 aromatic rings. The number of carbonyl (C=O) groups excluding carboxylic acids is 1. The Morgan fingerprint density at radius 1 is 1.50 bits per heavy atom. The van der Waals surface area contributed by atoms with Crippen molar-refractivity contribution < 1.29 is 9.90 Å². The normalized spacial score (nSPS) is 17.2. The quantitative estimate of drug-likeness (QED) is 0.571. The summed E-state index contributed by atoms with van der Waals surface area (Å²) in [6, 6.07) is 5.35. The summed E-state index contributed by atoms with van der Waals surface area (Å²) in [5, 5.41) is 9.65. The van der Waals surface area contributed by atoms with Gasteiger partial charge in [-0.2, -0.15) is 4.99 Å². The van der Waals surface area contributed by atoms with Crippen LogP contribution in [0.4, 0.5) is 0 Å². The van der Waals surface area contributed by atoms with Gasteiger partial charge < -0.3 is 5.11 Å². The summed E-state index contributed by atoms with van der Waals surface area (Å²) in [6.45, 7) is 1.95. The smallest absolute Gasteiger partial charge is 0.235 e. The molecule has 1 N–H and O–H groups in total. The van der Waals surface area contributed by atoms with Crippen LogP contribution < -0.4 is 0 Å². The molecular weight excluding hydrogens is 178 g/mol. The highest BCUT2D eigenvalue weighted by atomic mass is 16.3. The Morgan fingerprint density at radius 2 is 2.21 bits per heavy atom. The summed E-state index contributed by atoms with van der Waals surface area (Å²) in [7, 11) is 0. The van der Waals surface area contributed by atoms with Crippen molar-refractivity contribution >= 4 is 6.08 Å². The lowest BCUT2D eigenvalue weighted by atomic mass is 10.0. The van der Waals surface area contributed by atoms with Gasteiger partial charge in [0.25, 0.3) is 0 Å². The van der Waals surface area contributed by atoms with Crippen molar-refractivity contribution in [3.63, 3.8) is 0 Å². The van der Waals surface area contributed by atoms with E-state index < -0.39 is 5.54 Å². The van der Waals surface area contributed by atoms with E-state index in [0.29, 0.717) is 0 Å². The van der Waals surface area contributed by atoms with Gasteiger partial charge in [-0.15, -0.1) is 0 Å². The first-order valence-electron chi connectivity index (χ1n) is 4.57. The Kier molecular flexibility index (Phi) is 1.90. The molecule has 1 fully saturated rings. The SMILES string of the molecule is Cc1ccc(O)c(C2(N=C=O)CC2)c1. The van der Waals surface area contributed by atoms with E-state index in [1.54, 1.807) is 12.1 Å². The van der Waals surface area contributed by atoms with E-state index >= 15 is 0 Å². The second kappa shape index (κ2) is 2.96. The Hall–Kier alpha value is -1.60. The fraction of sp³-hybridized carbons (Fsp3) is 0.364. The zero-order chi connectivity index (χ0) is 10.2. The molecule has 0 bridgehead atoms. The number of aromatic hydroxyl groups is 1. The van der Waals surface area contributed by atoms with Crippen LogP contribution in [0.2, 0.25) is 0 Å². The summed E-state index contributed by atoms with van der Waals surface area (Å²) in [6.07, 6.45) is 3.22. The van der Waals surface area contributed by atoms with E-state index in [1.807, 2.05) is 19.1 Å². The van der Waals surface area contributed by atoms with Gasteiger partial charge in [0.05, 0.1) is 0 Å². The van der Waals surface area contributed by atoms with E-state index in [2.05, 4.69) is 4.99 Å². The number of aryl methyl sites for hydroxylation is 1. The highest BCUT2D eigenvalue weighted by molar-refractivity contribution is 5.47. The molecule has 3 nitrogen and oxygen atoms in total. The predicted molar refractivity (Wildman–Crippen MR) is 51.9 cm³/mol. The Labute approximate surface area is 82.1 Å². The maximum Gasteiger partial charge on any atom is 0.235 e. The molecular formula is C11H11NO2. The highest BCUT2D eigenvalue weighted by Gasteiger charge is 2.46. The van der Waals surface area contributed by atoms with Crippen LogP contribution in [0.3, 0.4) is 0 Å². The maximum atomic E-state index is 10.3. The molecule has 1 saturated carbocycles. The third kappa shape index (κ3) is 1.32.